The Labute approximate surface area is 154 Å². The summed E-state index contributed by atoms with van der Waals surface area (Å²) < 4.78 is 5.42. The molecule has 3 heteroatoms. The van der Waals surface area contributed by atoms with Gasteiger partial charge in [0.2, 0.25) is 0 Å². The van der Waals surface area contributed by atoms with Crippen LogP contribution in [0.1, 0.15) is 47.3 Å². The number of hydrogen-bond donors (Lipinski definition) is 1. The number of ether oxygens (including phenoxy) is 1. The van der Waals surface area contributed by atoms with Crippen LogP contribution in [0.25, 0.3) is 21.9 Å². The third-order valence-electron chi connectivity index (χ3n) is 4.53. The van der Waals surface area contributed by atoms with E-state index in [0.29, 0.717) is 28.0 Å². The highest BCUT2D eigenvalue weighted by molar-refractivity contribution is 6.29. The van der Waals surface area contributed by atoms with Crippen LogP contribution in [-0.4, -0.2) is 18.0 Å². The zero-order chi connectivity index (χ0) is 19.0. The van der Waals surface area contributed by atoms with Gasteiger partial charge in [0.25, 0.3) is 0 Å². The first-order valence-corrected chi connectivity index (χ1v) is 8.93. The summed E-state index contributed by atoms with van der Waals surface area (Å²) in [7, 11) is 1.57. The topological polar surface area (TPSA) is 46.5 Å². The van der Waals surface area contributed by atoms with E-state index >= 15 is 0 Å². The number of rotatable bonds is 1. The predicted molar refractivity (Wildman–Crippen MR) is 106 cm³/mol. The average molecular weight is 348 g/mol. The van der Waals surface area contributed by atoms with Crippen molar-refractivity contribution >= 4 is 16.6 Å². The van der Waals surface area contributed by atoms with Crippen molar-refractivity contribution in [3.63, 3.8) is 0 Å². The molecule has 134 valence electrons. The number of carbonyl (C=O) groups is 1. The number of methoxy groups -OCH3 is 1. The number of ketones is 1. The van der Waals surface area contributed by atoms with Gasteiger partial charge in [-0.15, -0.1) is 0 Å². The molecule has 0 heterocycles. The van der Waals surface area contributed by atoms with Gasteiger partial charge in [-0.05, 0) is 42.3 Å². The van der Waals surface area contributed by atoms with Crippen LogP contribution in [0.2, 0.25) is 0 Å². The molecule has 3 aromatic rings. The molecule has 0 aromatic heterocycles. The third-order valence-corrected chi connectivity index (χ3v) is 4.53. The van der Waals surface area contributed by atoms with Crippen LogP contribution in [0, 0.1) is 13.8 Å². The third kappa shape index (κ3) is 2.64. The molecule has 0 saturated heterocycles. The number of fused-ring (bicyclic) bond motifs is 5. The van der Waals surface area contributed by atoms with Gasteiger partial charge in [0, 0.05) is 22.3 Å². The van der Waals surface area contributed by atoms with Crippen LogP contribution < -0.4 is 4.74 Å². The second kappa shape index (κ2) is 6.83. The molecule has 0 spiro atoms. The Morgan fingerprint density at radius 1 is 1.00 bits per heavy atom. The molecular formula is C23H24O3. The number of phenolic OH excluding ortho intramolecular Hbond substituents is 1. The lowest BCUT2D eigenvalue weighted by atomic mass is 9.93. The molecule has 3 aromatic carbocycles. The number of aryl methyl sites for hydroxylation is 2. The lowest BCUT2D eigenvalue weighted by molar-refractivity contribution is 0.104. The van der Waals surface area contributed by atoms with Gasteiger partial charge >= 0.3 is 0 Å². The first-order chi connectivity index (χ1) is 12.4. The SMILES string of the molecule is CCC.COc1cccc2c1-c1c(O)cc3cc(C)cc(C)c3c1C2=O. The number of phenols is 1. The summed E-state index contributed by atoms with van der Waals surface area (Å²) in [6.45, 7) is 8.26. The minimum Gasteiger partial charge on any atom is -0.507 e. The first-order valence-electron chi connectivity index (χ1n) is 8.93. The first kappa shape index (κ1) is 18.0. The Bertz CT molecular complexity index is 1020. The van der Waals surface area contributed by atoms with Crippen molar-refractivity contribution in [3.05, 3.63) is 58.7 Å². The number of carbonyl (C=O) groups excluding carboxylic acids is 1. The smallest absolute Gasteiger partial charge is 0.195 e. The minimum absolute atomic E-state index is 0.0539. The van der Waals surface area contributed by atoms with Crippen molar-refractivity contribution in [2.24, 2.45) is 0 Å². The second-order valence-electron chi connectivity index (χ2n) is 6.74. The van der Waals surface area contributed by atoms with Crippen LogP contribution >= 0.6 is 0 Å². The molecule has 0 amide bonds. The normalized spacial score (nSPS) is 11.7. The van der Waals surface area contributed by atoms with Crippen molar-refractivity contribution in [1.82, 2.24) is 0 Å². The van der Waals surface area contributed by atoms with Crippen LogP contribution in [0.15, 0.2) is 36.4 Å². The van der Waals surface area contributed by atoms with Gasteiger partial charge in [0.15, 0.2) is 5.78 Å². The lowest BCUT2D eigenvalue weighted by Crippen LogP contribution is -1.98. The fraction of sp³-hybridized carbons (Fsp3) is 0.261. The van der Waals surface area contributed by atoms with Crippen LogP contribution in [0.5, 0.6) is 11.5 Å². The summed E-state index contributed by atoms with van der Waals surface area (Å²) in [4.78, 5) is 13.0. The fourth-order valence-electron chi connectivity index (χ4n) is 3.69. The molecule has 0 fully saturated rings. The van der Waals surface area contributed by atoms with E-state index in [2.05, 4.69) is 19.9 Å². The molecule has 1 N–H and O–H groups in total. The van der Waals surface area contributed by atoms with Gasteiger partial charge in [-0.2, -0.15) is 0 Å². The number of benzene rings is 3. The van der Waals surface area contributed by atoms with E-state index in [1.165, 1.54) is 6.42 Å². The Kier molecular flexibility index (Phi) is 4.73. The lowest BCUT2D eigenvalue weighted by Gasteiger charge is -2.12. The molecule has 0 saturated carbocycles. The van der Waals surface area contributed by atoms with E-state index in [4.69, 9.17) is 4.74 Å². The molecule has 0 radical (unpaired) electrons. The Morgan fingerprint density at radius 3 is 2.35 bits per heavy atom. The highest BCUT2D eigenvalue weighted by Crippen LogP contribution is 2.50. The predicted octanol–water partition coefficient (Wildman–Crippen LogP) is 5.80. The molecule has 0 aliphatic heterocycles. The fourth-order valence-corrected chi connectivity index (χ4v) is 3.69. The van der Waals surface area contributed by atoms with E-state index in [9.17, 15) is 9.90 Å². The van der Waals surface area contributed by atoms with Gasteiger partial charge in [0.05, 0.1) is 7.11 Å². The van der Waals surface area contributed by atoms with E-state index in [1.807, 2.05) is 26.0 Å². The standard InChI is InChI=1S/C20H16O3.C3H8/c1-10-7-11(2)16-12(8-10)9-14(21)18-17-13(20(22)19(16)18)5-4-6-15(17)23-3;1-3-2/h4-9,21H,1-3H3;3H2,1-2H3. The molecule has 3 nitrogen and oxygen atoms in total. The maximum absolute atomic E-state index is 13.0. The van der Waals surface area contributed by atoms with Crippen LogP contribution in [0.3, 0.4) is 0 Å². The zero-order valence-corrected chi connectivity index (χ0v) is 15.9. The maximum atomic E-state index is 13.0. The van der Waals surface area contributed by atoms with Crippen LogP contribution in [0.4, 0.5) is 0 Å². The van der Waals surface area contributed by atoms with Gasteiger partial charge in [-0.1, -0.05) is 50.1 Å². The number of aromatic hydroxyl groups is 1. The van der Waals surface area contributed by atoms with Crippen molar-refractivity contribution in [2.45, 2.75) is 34.1 Å². The van der Waals surface area contributed by atoms with Gasteiger partial charge in [-0.25, -0.2) is 0 Å². The molecule has 0 bridgehead atoms. The Hall–Kier alpha value is -2.81. The molecule has 1 aliphatic carbocycles. The summed E-state index contributed by atoms with van der Waals surface area (Å²) >= 11 is 0. The average Bonchev–Trinajstić information content (AvgIpc) is 2.89. The summed E-state index contributed by atoms with van der Waals surface area (Å²) in [6, 6.07) is 11.2. The highest BCUT2D eigenvalue weighted by Gasteiger charge is 2.34. The van der Waals surface area contributed by atoms with Gasteiger partial charge in [-0.3, -0.25) is 4.79 Å². The molecular weight excluding hydrogens is 324 g/mol. The quantitative estimate of drug-likeness (QED) is 0.473. The molecule has 1 aliphatic rings. The van der Waals surface area contributed by atoms with Crippen molar-refractivity contribution in [3.8, 4) is 22.6 Å². The largest absolute Gasteiger partial charge is 0.507 e. The van der Waals surface area contributed by atoms with Crippen molar-refractivity contribution < 1.29 is 14.6 Å². The molecule has 0 unspecified atom stereocenters. The highest BCUT2D eigenvalue weighted by atomic mass is 16.5. The summed E-state index contributed by atoms with van der Waals surface area (Å²) in [6.07, 6.45) is 1.25. The summed E-state index contributed by atoms with van der Waals surface area (Å²) in [5, 5.41) is 12.4. The van der Waals surface area contributed by atoms with Crippen LogP contribution in [-0.2, 0) is 0 Å². The Morgan fingerprint density at radius 2 is 1.69 bits per heavy atom. The monoisotopic (exact) mass is 348 g/mol. The van der Waals surface area contributed by atoms with E-state index in [0.717, 1.165) is 21.9 Å². The van der Waals surface area contributed by atoms with Crippen molar-refractivity contribution in [2.75, 3.05) is 7.11 Å². The summed E-state index contributed by atoms with van der Waals surface area (Å²) in [5.74, 6) is 0.671. The van der Waals surface area contributed by atoms with E-state index in [-0.39, 0.29) is 11.5 Å². The minimum atomic E-state index is -0.0539. The molecule has 0 atom stereocenters. The van der Waals surface area contributed by atoms with E-state index < -0.39 is 0 Å². The second-order valence-corrected chi connectivity index (χ2v) is 6.74. The molecule has 4 rings (SSSR count). The van der Waals surface area contributed by atoms with Gasteiger partial charge in [0.1, 0.15) is 11.5 Å². The molecule has 26 heavy (non-hydrogen) atoms. The zero-order valence-electron chi connectivity index (χ0n) is 15.9. The van der Waals surface area contributed by atoms with Crippen molar-refractivity contribution in [1.29, 1.82) is 0 Å². The number of hydrogen-bond acceptors (Lipinski definition) is 3. The summed E-state index contributed by atoms with van der Waals surface area (Å²) in [5.41, 5.74) is 4.58. The van der Waals surface area contributed by atoms with Gasteiger partial charge < -0.3 is 9.84 Å². The maximum Gasteiger partial charge on any atom is 0.195 e. The Balaban J connectivity index is 0.000000613. The van der Waals surface area contributed by atoms with E-state index in [1.54, 1.807) is 25.3 Å².